The molecule has 1 fully saturated rings. The maximum absolute atomic E-state index is 13.1. The first-order chi connectivity index (χ1) is 13.1. The highest BCUT2D eigenvalue weighted by molar-refractivity contribution is 6.05. The zero-order valence-electron chi connectivity index (χ0n) is 16.6. The Bertz CT molecular complexity index is 792. The van der Waals surface area contributed by atoms with Gasteiger partial charge in [-0.3, -0.25) is 9.78 Å². The molecule has 0 radical (unpaired) electrons. The van der Waals surface area contributed by atoms with Crippen molar-refractivity contribution < 1.29 is 14.3 Å². The van der Waals surface area contributed by atoms with Gasteiger partial charge in [-0.25, -0.2) is 0 Å². The molecule has 5 heteroatoms. The number of ether oxygens (including phenoxy) is 2. The molecule has 1 aromatic heterocycles. The van der Waals surface area contributed by atoms with Crippen molar-refractivity contribution in [1.82, 2.24) is 4.98 Å². The van der Waals surface area contributed by atoms with Crippen LogP contribution in [0.4, 0.5) is 5.69 Å². The number of pyridine rings is 1. The van der Waals surface area contributed by atoms with Crippen LogP contribution in [-0.2, 0) is 9.53 Å². The van der Waals surface area contributed by atoms with E-state index in [4.69, 9.17) is 9.47 Å². The summed E-state index contributed by atoms with van der Waals surface area (Å²) in [5.74, 6) is 1.17. The lowest BCUT2D eigenvalue weighted by Crippen LogP contribution is -2.47. The Morgan fingerprint density at radius 2 is 2.22 bits per heavy atom. The number of nitrogens with one attached hydrogen (secondary N) is 1. The molecule has 1 aliphatic rings. The maximum atomic E-state index is 13.1. The standard InChI is InChI=1S/C22H30N2O3/c1-4-5-14-27-19-11-10-18(17-9-7-13-23-20(17)19)24-21(25)22(26-3)12-6-8-16(2)15-22/h7,9-11,13,16H,4-6,8,12,14-15H2,1-3H3,(H,24,25)/t16-,22-/m1/s1. The molecular formula is C22H30N2O3. The Hall–Kier alpha value is -2.14. The van der Waals surface area contributed by atoms with Crippen LogP contribution in [0.15, 0.2) is 30.5 Å². The lowest BCUT2D eigenvalue weighted by Gasteiger charge is -2.37. The van der Waals surface area contributed by atoms with Crippen LogP contribution in [0.5, 0.6) is 5.75 Å². The maximum Gasteiger partial charge on any atom is 0.256 e. The summed E-state index contributed by atoms with van der Waals surface area (Å²) >= 11 is 0. The van der Waals surface area contributed by atoms with Crippen molar-refractivity contribution in [1.29, 1.82) is 0 Å². The van der Waals surface area contributed by atoms with Gasteiger partial charge in [0.15, 0.2) is 0 Å². The number of benzene rings is 1. The summed E-state index contributed by atoms with van der Waals surface area (Å²) in [7, 11) is 1.64. The smallest absolute Gasteiger partial charge is 0.256 e. The topological polar surface area (TPSA) is 60.5 Å². The van der Waals surface area contributed by atoms with Crippen molar-refractivity contribution in [3.8, 4) is 5.75 Å². The van der Waals surface area contributed by atoms with Gasteiger partial charge in [0.25, 0.3) is 5.91 Å². The van der Waals surface area contributed by atoms with Crippen LogP contribution in [0, 0.1) is 5.92 Å². The number of nitrogens with zero attached hydrogens (tertiary/aromatic N) is 1. The van der Waals surface area contributed by atoms with Gasteiger partial charge in [-0.2, -0.15) is 0 Å². The SMILES string of the molecule is CCCCOc1ccc(NC(=O)[C@@]2(OC)CCC[C@@H](C)C2)c2cccnc12. The number of hydrogen-bond acceptors (Lipinski definition) is 4. The highest BCUT2D eigenvalue weighted by atomic mass is 16.5. The number of unbranched alkanes of at least 4 members (excludes halogenated alkanes) is 1. The molecule has 0 spiro atoms. The van der Waals surface area contributed by atoms with Crippen LogP contribution >= 0.6 is 0 Å². The van der Waals surface area contributed by atoms with E-state index in [2.05, 4.69) is 24.1 Å². The molecule has 0 unspecified atom stereocenters. The molecule has 1 saturated carbocycles. The zero-order chi connectivity index (χ0) is 19.3. The average Bonchev–Trinajstić information content (AvgIpc) is 2.69. The molecule has 0 saturated heterocycles. The minimum Gasteiger partial charge on any atom is -0.491 e. The highest BCUT2D eigenvalue weighted by Gasteiger charge is 2.42. The Balaban J connectivity index is 1.86. The molecule has 27 heavy (non-hydrogen) atoms. The highest BCUT2D eigenvalue weighted by Crippen LogP contribution is 2.37. The summed E-state index contributed by atoms with van der Waals surface area (Å²) in [6.45, 7) is 4.98. The third-order valence-electron chi connectivity index (χ3n) is 5.50. The summed E-state index contributed by atoms with van der Waals surface area (Å²) in [4.78, 5) is 17.6. The first-order valence-electron chi connectivity index (χ1n) is 9.97. The first-order valence-corrected chi connectivity index (χ1v) is 9.97. The Morgan fingerprint density at radius 3 is 2.96 bits per heavy atom. The van der Waals surface area contributed by atoms with Gasteiger partial charge < -0.3 is 14.8 Å². The number of methoxy groups -OCH3 is 1. The first kappa shape index (κ1) is 19.6. The fourth-order valence-corrected chi connectivity index (χ4v) is 3.92. The molecule has 146 valence electrons. The van der Waals surface area contributed by atoms with Crippen molar-refractivity contribution in [2.24, 2.45) is 5.92 Å². The van der Waals surface area contributed by atoms with E-state index in [1.165, 1.54) is 0 Å². The number of anilines is 1. The predicted octanol–water partition coefficient (Wildman–Crippen LogP) is 4.95. The molecule has 1 heterocycles. The third kappa shape index (κ3) is 4.24. The Kier molecular flexibility index (Phi) is 6.32. The molecule has 1 aliphatic carbocycles. The van der Waals surface area contributed by atoms with Gasteiger partial charge in [-0.15, -0.1) is 0 Å². The largest absolute Gasteiger partial charge is 0.491 e. The second-order valence-corrected chi connectivity index (χ2v) is 7.57. The van der Waals surface area contributed by atoms with Gasteiger partial charge in [0.1, 0.15) is 16.9 Å². The average molecular weight is 370 g/mol. The van der Waals surface area contributed by atoms with Crippen molar-refractivity contribution in [3.05, 3.63) is 30.5 Å². The second kappa shape index (κ2) is 8.70. The summed E-state index contributed by atoms with van der Waals surface area (Å²) < 4.78 is 11.6. The fourth-order valence-electron chi connectivity index (χ4n) is 3.92. The molecule has 0 aliphatic heterocycles. The van der Waals surface area contributed by atoms with Gasteiger partial charge in [-0.1, -0.05) is 26.7 Å². The van der Waals surface area contributed by atoms with Gasteiger partial charge in [-0.05, 0) is 55.9 Å². The summed E-state index contributed by atoms with van der Waals surface area (Å²) in [6, 6.07) is 7.64. The lowest BCUT2D eigenvalue weighted by molar-refractivity contribution is -0.143. The monoisotopic (exact) mass is 370 g/mol. The molecule has 5 nitrogen and oxygen atoms in total. The third-order valence-corrected chi connectivity index (χ3v) is 5.50. The van der Waals surface area contributed by atoms with Crippen molar-refractivity contribution >= 4 is 22.5 Å². The van der Waals surface area contributed by atoms with E-state index in [0.717, 1.165) is 60.9 Å². The zero-order valence-corrected chi connectivity index (χ0v) is 16.6. The van der Waals surface area contributed by atoms with E-state index in [9.17, 15) is 4.79 Å². The molecule has 1 amide bonds. The van der Waals surface area contributed by atoms with Crippen LogP contribution in [0.2, 0.25) is 0 Å². The van der Waals surface area contributed by atoms with Gasteiger partial charge in [0.05, 0.1) is 12.3 Å². The number of fused-ring (bicyclic) bond motifs is 1. The molecule has 1 N–H and O–H groups in total. The van der Waals surface area contributed by atoms with Crippen molar-refractivity contribution in [3.63, 3.8) is 0 Å². The summed E-state index contributed by atoms with van der Waals surface area (Å²) in [5, 5.41) is 3.99. The van der Waals surface area contributed by atoms with Gasteiger partial charge in [0, 0.05) is 18.7 Å². The minimum atomic E-state index is -0.748. The summed E-state index contributed by atoms with van der Waals surface area (Å²) in [5.41, 5.74) is 0.776. The quantitative estimate of drug-likeness (QED) is 0.701. The van der Waals surface area contributed by atoms with E-state index in [0.29, 0.717) is 12.5 Å². The normalized spacial score (nSPS) is 22.6. The van der Waals surface area contributed by atoms with E-state index < -0.39 is 5.60 Å². The number of hydrogen-bond donors (Lipinski definition) is 1. The van der Waals surface area contributed by atoms with Gasteiger partial charge in [0.2, 0.25) is 0 Å². The Morgan fingerprint density at radius 1 is 1.37 bits per heavy atom. The lowest BCUT2D eigenvalue weighted by atomic mass is 9.78. The van der Waals surface area contributed by atoms with E-state index in [1.807, 2.05) is 24.3 Å². The van der Waals surface area contributed by atoms with Crippen LogP contribution in [0.25, 0.3) is 10.9 Å². The number of carbonyl (C=O) groups is 1. The van der Waals surface area contributed by atoms with Crippen LogP contribution in [-0.4, -0.2) is 30.2 Å². The fraction of sp³-hybridized carbons (Fsp3) is 0.545. The molecule has 1 aromatic carbocycles. The van der Waals surface area contributed by atoms with E-state index >= 15 is 0 Å². The summed E-state index contributed by atoms with van der Waals surface area (Å²) in [6.07, 6.45) is 7.50. The number of carbonyl (C=O) groups excluding carboxylic acids is 1. The van der Waals surface area contributed by atoms with Gasteiger partial charge >= 0.3 is 0 Å². The van der Waals surface area contributed by atoms with Crippen LogP contribution < -0.4 is 10.1 Å². The van der Waals surface area contributed by atoms with E-state index in [1.54, 1.807) is 13.3 Å². The molecule has 3 rings (SSSR count). The van der Waals surface area contributed by atoms with Crippen LogP contribution in [0.3, 0.4) is 0 Å². The van der Waals surface area contributed by atoms with Crippen LogP contribution in [0.1, 0.15) is 52.4 Å². The number of rotatable bonds is 7. The van der Waals surface area contributed by atoms with E-state index in [-0.39, 0.29) is 5.91 Å². The predicted molar refractivity (Wildman–Crippen MR) is 108 cm³/mol. The molecule has 2 aromatic rings. The molecule has 0 bridgehead atoms. The Labute approximate surface area is 161 Å². The molecular weight excluding hydrogens is 340 g/mol. The second-order valence-electron chi connectivity index (χ2n) is 7.57. The number of amides is 1. The number of aromatic nitrogens is 1. The van der Waals surface area contributed by atoms with Crippen molar-refractivity contribution in [2.75, 3.05) is 19.0 Å². The minimum absolute atomic E-state index is 0.0682. The van der Waals surface area contributed by atoms with Crippen molar-refractivity contribution in [2.45, 2.75) is 58.0 Å². The molecule has 2 atom stereocenters.